The number of fused-ring (bicyclic) bond motifs is 1. The lowest BCUT2D eigenvalue weighted by molar-refractivity contribution is -0.136. The molecule has 0 bridgehead atoms. The van der Waals surface area contributed by atoms with Crippen molar-refractivity contribution in [2.75, 3.05) is 12.4 Å². The fourth-order valence-electron chi connectivity index (χ4n) is 1.43. The van der Waals surface area contributed by atoms with Gasteiger partial charge < -0.3 is 9.84 Å². The number of thioether (sulfide) groups is 1. The molecular formula is C12H13NO3S2. The third-order valence-electron chi connectivity index (χ3n) is 2.19. The molecule has 4 nitrogen and oxygen atoms in total. The molecule has 1 aromatic carbocycles. The molecule has 0 aliphatic carbocycles. The maximum Gasteiger partial charge on any atom is 0.304 e. The standard InChI is InChI=1S/C12H13NO3S2/c1-2-16-8-3-4-9-10(7-8)18-12(13-9)17-6-5-11(14)15/h3-4,7H,2,5-6H2,1H3,(H,14,15). The number of nitrogens with zero attached hydrogens (tertiary/aromatic N) is 1. The molecule has 0 spiro atoms. The van der Waals surface area contributed by atoms with E-state index in [2.05, 4.69) is 4.98 Å². The molecule has 0 aliphatic heterocycles. The summed E-state index contributed by atoms with van der Waals surface area (Å²) in [6.45, 7) is 2.59. The Morgan fingerprint density at radius 3 is 3.11 bits per heavy atom. The van der Waals surface area contributed by atoms with Crippen LogP contribution in [-0.4, -0.2) is 28.4 Å². The second kappa shape index (κ2) is 6.06. The van der Waals surface area contributed by atoms with Crippen LogP contribution in [0.1, 0.15) is 13.3 Å². The maximum atomic E-state index is 10.4. The fourth-order valence-corrected chi connectivity index (χ4v) is 3.52. The minimum atomic E-state index is -0.776. The minimum Gasteiger partial charge on any atom is -0.494 e. The summed E-state index contributed by atoms with van der Waals surface area (Å²) in [5.41, 5.74) is 0.932. The van der Waals surface area contributed by atoms with Gasteiger partial charge in [-0.15, -0.1) is 11.3 Å². The molecule has 96 valence electrons. The van der Waals surface area contributed by atoms with E-state index in [1.54, 1.807) is 11.3 Å². The fraction of sp³-hybridized carbons (Fsp3) is 0.333. The van der Waals surface area contributed by atoms with Crippen molar-refractivity contribution in [3.63, 3.8) is 0 Å². The first-order valence-electron chi connectivity index (χ1n) is 5.57. The number of thiazole rings is 1. The second-order valence-corrected chi connectivity index (χ2v) is 5.91. The highest BCUT2D eigenvalue weighted by atomic mass is 32.2. The maximum absolute atomic E-state index is 10.4. The number of carboxylic acids is 1. The van der Waals surface area contributed by atoms with Gasteiger partial charge in [-0.3, -0.25) is 4.79 Å². The van der Waals surface area contributed by atoms with Gasteiger partial charge in [0.05, 0.1) is 23.2 Å². The molecule has 0 aliphatic rings. The number of aliphatic carboxylic acids is 1. The number of hydrogen-bond acceptors (Lipinski definition) is 5. The van der Waals surface area contributed by atoms with E-state index in [-0.39, 0.29) is 6.42 Å². The minimum absolute atomic E-state index is 0.158. The lowest BCUT2D eigenvalue weighted by atomic mass is 10.3. The van der Waals surface area contributed by atoms with E-state index >= 15 is 0 Å². The van der Waals surface area contributed by atoms with E-state index in [0.29, 0.717) is 12.4 Å². The van der Waals surface area contributed by atoms with Crippen LogP contribution in [0.3, 0.4) is 0 Å². The molecule has 0 radical (unpaired) electrons. The number of benzene rings is 1. The third kappa shape index (κ3) is 3.36. The van der Waals surface area contributed by atoms with E-state index < -0.39 is 5.97 Å². The number of rotatable bonds is 6. The predicted octanol–water partition coefficient (Wildman–Crippen LogP) is 3.26. The zero-order valence-corrected chi connectivity index (χ0v) is 11.5. The number of aromatic nitrogens is 1. The van der Waals surface area contributed by atoms with Crippen LogP contribution in [0.4, 0.5) is 0 Å². The molecule has 1 aromatic heterocycles. The van der Waals surface area contributed by atoms with Gasteiger partial charge >= 0.3 is 5.97 Å². The molecule has 1 heterocycles. The first-order valence-corrected chi connectivity index (χ1v) is 7.37. The van der Waals surface area contributed by atoms with Crippen LogP contribution >= 0.6 is 23.1 Å². The molecule has 2 rings (SSSR count). The Kier molecular flexibility index (Phi) is 4.43. The second-order valence-electron chi connectivity index (χ2n) is 3.53. The van der Waals surface area contributed by atoms with Crippen LogP contribution in [0, 0.1) is 0 Å². The van der Waals surface area contributed by atoms with Crippen molar-refractivity contribution >= 4 is 39.3 Å². The van der Waals surface area contributed by atoms with Gasteiger partial charge in [-0.1, -0.05) is 11.8 Å². The summed E-state index contributed by atoms with van der Waals surface area (Å²) in [5.74, 6) is 0.617. The van der Waals surface area contributed by atoms with Crippen molar-refractivity contribution in [2.45, 2.75) is 17.7 Å². The van der Waals surface area contributed by atoms with Crippen LogP contribution < -0.4 is 4.74 Å². The Hall–Kier alpha value is -1.27. The largest absolute Gasteiger partial charge is 0.494 e. The smallest absolute Gasteiger partial charge is 0.304 e. The van der Waals surface area contributed by atoms with Crippen LogP contribution in [0.25, 0.3) is 10.2 Å². The monoisotopic (exact) mass is 283 g/mol. The van der Waals surface area contributed by atoms with Gasteiger partial charge in [0.15, 0.2) is 4.34 Å². The van der Waals surface area contributed by atoms with Crippen LogP contribution in [0.15, 0.2) is 22.5 Å². The molecule has 2 aromatic rings. The normalized spacial score (nSPS) is 10.7. The SMILES string of the molecule is CCOc1ccc2nc(SCCC(=O)O)sc2c1. The van der Waals surface area contributed by atoms with Crippen molar-refractivity contribution in [2.24, 2.45) is 0 Å². The summed E-state index contributed by atoms with van der Waals surface area (Å²) in [6.07, 6.45) is 0.158. The third-order valence-corrected chi connectivity index (χ3v) is 4.36. The Balaban J connectivity index is 2.09. The molecule has 0 atom stereocenters. The van der Waals surface area contributed by atoms with Crippen molar-refractivity contribution in [3.05, 3.63) is 18.2 Å². The highest BCUT2D eigenvalue weighted by molar-refractivity contribution is 8.01. The molecular weight excluding hydrogens is 270 g/mol. The zero-order valence-electron chi connectivity index (χ0n) is 9.88. The highest BCUT2D eigenvalue weighted by Crippen LogP contribution is 2.32. The van der Waals surface area contributed by atoms with Gasteiger partial charge in [-0.25, -0.2) is 4.98 Å². The topological polar surface area (TPSA) is 59.4 Å². The van der Waals surface area contributed by atoms with Crippen LogP contribution in [0.2, 0.25) is 0 Å². The molecule has 0 saturated carbocycles. The molecule has 1 N–H and O–H groups in total. The van der Waals surface area contributed by atoms with E-state index in [9.17, 15) is 4.79 Å². The first-order chi connectivity index (χ1) is 8.69. The molecule has 18 heavy (non-hydrogen) atoms. The van der Waals surface area contributed by atoms with Gasteiger partial charge in [0.1, 0.15) is 5.75 Å². The lowest BCUT2D eigenvalue weighted by Crippen LogP contribution is -1.95. The van der Waals surface area contributed by atoms with Crippen molar-refractivity contribution < 1.29 is 14.6 Å². The predicted molar refractivity (Wildman–Crippen MR) is 73.8 cm³/mol. The number of carboxylic acid groups (broad SMARTS) is 1. The van der Waals surface area contributed by atoms with Crippen molar-refractivity contribution in [1.82, 2.24) is 4.98 Å². The summed E-state index contributed by atoms with van der Waals surface area (Å²) >= 11 is 3.05. The number of ether oxygens (including phenoxy) is 1. The molecule has 0 saturated heterocycles. The quantitative estimate of drug-likeness (QED) is 0.825. The molecule has 6 heteroatoms. The van der Waals surface area contributed by atoms with Crippen LogP contribution in [0.5, 0.6) is 5.75 Å². The van der Waals surface area contributed by atoms with Crippen molar-refractivity contribution in [1.29, 1.82) is 0 Å². The van der Waals surface area contributed by atoms with Gasteiger partial charge in [-0.2, -0.15) is 0 Å². The van der Waals surface area contributed by atoms with Crippen LogP contribution in [-0.2, 0) is 4.79 Å². The number of carbonyl (C=O) groups is 1. The average Bonchev–Trinajstić information content (AvgIpc) is 2.71. The molecule has 0 amide bonds. The summed E-state index contributed by atoms with van der Waals surface area (Å²) in [4.78, 5) is 14.9. The summed E-state index contributed by atoms with van der Waals surface area (Å²) in [6, 6.07) is 5.80. The Labute approximate surface area is 113 Å². The van der Waals surface area contributed by atoms with Gasteiger partial charge in [-0.05, 0) is 25.1 Å². The lowest BCUT2D eigenvalue weighted by Gasteiger charge is -2.00. The molecule has 0 fully saturated rings. The van der Waals surface area contributed by atoms with Gasteiger partial charge in [0.2, 0.25) is 0 Å². The van der Waals surface area contributed by atoms with Gasteiger partial charge in [0, 0.05) is 5.75 Å². The Morgan fingerprint density at radius 1 is 1.56 bits per heavy atom. The Bertz CT molecular complexity index is 553. The highest BCUT2D eigenvalue weighted by Gasteiger charge is 2.06. The Morgan fingerprint density at radius 2 is 2.39 bits per heavy atom. The van der Waals surface area contributed by atoms with E-state index in [1.807, 2.05) is 25.1 Å². The van der Waals surface area contributed by atoms with E-state index in [0.717, 1.165) is 20.3 Å². The summed E-state index contributed by atoms with van der Waals surface area (Å²) in [7, 11) is 0. The summed E-state index contributed by atoms with van der Waals surface area (Å²) < 4.78 is 7.40. The zero-order chi connectivity index (χ0) is 13.0. The van der Waals surface area contributed by atoms with Gasteiger partial charge in [0.25, 0.3) is 0 Å². The molecule has 0 unspecified atom stereocenters. The van der Waals surface area contributed by atoms with E-state index in [4.69, 9.17) is 9.84 Å². The first kappa shape index (κ1) is 13.2. The van der Waals surface area contributed by atoms with Crippen molar-refractivity contribution in [3.8, 4) is 5.75 Å². The number of hydrogen-bond donors (Lipinski definition) is 1. The average molecular weight is 283 g/mol. The van der Waals surface area contributed by atoms with E-state index in [1.165, 1.54) is 11.8 Å². The summed E-state index contributed by atoms with van der Waals surface area (Å²) in [5, 5.41) is 8.58.